The van der Waals surface area contributed by atoms with E-state index in [0.717, 1.165) is 44.9 Å². The van der Waals surface area contributed by atoms with Gasteiger partial charge >= 0.3 is 6.09 Å². The predicted octanol–water partition coefficient (Wildman–Crippen LogP) is 4.72. The molecule has 2 fully saturated rings. The quantitative estimate of drug-likeness (QED) is 0.768. The summed E-state index contributed by atoms with van der Waals surface area (Å²) >= 11 is 1.82. The highest BCUT2D eigenvalue weighted by Crippen LogP contribution is 2.32. The van der Waals surface area contributed by atoms with E-state index < -0.39 is 5.60 Å². The number of benzene rings is 1. The predicted molar refractivity (Wildman–Crippen MR) is 121 cm³/mol. The lowest BCUT2D eigenvalue weighted by molar-refractivity contribution is 0.0445. The first-order chi connectivity index (χ1) is 13.9. The van der Waals surface area contributed by atoms with Gasteiger partial charge in [0.15, 0.2) is 0 Å². The van der Waals surface area contributed by atoms with Gasteiger partial charge in [0, 0.05) is 48.0 Å². The Kier molecular flexibility index (Phi) is 6.02. The summed E-state index contributed by atoms with van der Waals surface area (Å²) in [6, 6.07) is 9.19. The number of carbonyl (C=O) groups is 1. The van der Waals surface area contributed by atoms with Crippen LogP contribution in [0.15, 0.2) is 29.6 Å². The second kappa shape index (κ2) is 8.52. The Bertz CT molecular complexity index is 830. The largest absolute Gasteiger partial charge is 0.444 e. The number of piperazine rings is 1. The Hall–Kier alpha value is -1.79. The first kappa shape index (κ1) is 20.5. The van der Waals surface area contributed by atoms with E-state index >= 15 is 0 Å². The maximum absolute atomic E-state index is 11.8. The number of nitrogens with one attached hydrogen (secondary N) is 1. The molecule has 1 aromatic heterocycles. The molecule has 0 unspecified atom stereocenters. The summed E-state index contributed by atoms with van der Waals surface area (Å²) in [5.74, 6) is 0.729. The minimum Gasteiger partial charge on any atom is -0.444 e. The third kappa shape index (κ3) is 5.23. The van der Waals surface area contributed by atoms with Crippen molar-refractivity contribution in [3.05, 3.63) is 29.6 Å². The zero-order valence-corrected chi connectivity index (χ0v) is 18.6. The van der Waals surface area contributed by atoms with Crippen molar-refractivity contribution in [3.63, 3.8) is 0 Å². The van der Waals surface area contributed by atoms with E-state index in [-0.39, 0.29) is 12.1 Å². The molecule has 2 aromatic rings. The van der Waals surface area contributed by atoms with Crippen molar-refractivity contribution in [3.8, 4) is 0 Å². The van der Waals surface area contributed by atoms with Gasteiger partial charge in [-0.25, -0.2) is 4.79 Å². The minimum absolute atomic E-state index is 0.280. The van der Waals surface area contributed by atoms with Crippen molar-refractivity contribution in [2.45, 2.75) is 51.7 Å². The van der Waals surface area contributed by atoms with E-state index in [1.54, 1.807) is 0 Å². The number of ether oxygens (including phenoxy) is 1. The molecule has 1 aromatic carbocycles. The number of hydrogen-bond donors (Lipinski definition) is 1. The molecule has 6 heteroatoms. The normalized spacial score (nSPS) is 23.1. The molecule has 0 bridgehead atoms. The van der Waals surface area contributed by atoms with Crippen molar-refractivity contribution in [1.29, 1.82) is 0 Å². The summed E-state index contributed by atoms with van der Waals surface area (Å²) in [5, 5.41) is 6.58. The molecule has 0 atom stereocenters. The molecule has 1 aliphatic carbocycles. The van der Waals surface area contributed by atoms with Crippen molar-refractivity contribution in [2.24, 2.45) is 5.92 Å². The molecule has 2 heterocycles. The van der Waals surface area contributed by atoms with Crippen LogP contribution in [0.3, 0.4) is 0 Å². The molecule has 1 aliphatic heterocycles. The molecule has 5 nitrogen and oxygen atoms in total. The Morgan fingerprint density at radius 2 is 1.93 bits per heavy atom. The Morgan fingerprint density at radius 3 is 2.66 bits per heavy atom. The summed E-state index contributed by atoms with van der Waals surface area (Å²) in [6.45, 7) is 11.3. The SMILES string of the molecule is CC(C)(C)OC(=O)NC1CC(CCN2CCN(c3cccc4sccc34)CC2)C1. The van der Waals surface area contributed by atoms with E-state index in [4.69, 9.17) is 4.74 Å². The maximum atomic E-state index is 11.8. The highest BCUT2D eigenvalue weighted by atomic mass is 32.1. The molecule has 29 heavy (non-hydrogen) atoms. The number of carbonyl (C=O) groups excluding carboxylic acids is 1. The summed E-state index contributed by atoms with van der Waals surface area (Å²) < 4.78 is 6.72. The molecule has 1 saturated heterocycles. The van der Waals surface area contributed by atoms with Gasteiger partial charge in [-0.05, 0) is 76.1 Å². The first-order valence-corrected chi connectivity index (χ1v) is 11.7. The molecule has 1 amide bonds. The zero-order chi connectivity index (χ0) is 20.4. The zero-order valence-electron chi connectivity index (χ0n) is 17.8. The van der Waals surface area contributed by atoms with Gasteiger partial charge in [0.25, 0.3) is 0 Å². The monoisotopic (exact) mass is 415 g/mol. The summed E-state index contributed by atoms with van der Waals surface area (Å²) in [5.41, 5.74) is 0.961. The number of hydrogen-bond acceptors (Lipinski definition) is 5. The average Bonchev–Trinajstić information content (AvgIpc) is 3.11. The fourth-order valence-corrected chi connectivity index (χ4v) is 5.20. The minimum atomic E-state index is -0.426. The number of rotatable bonds is 5. The van der Waals surface area contributed by atoms with Gasteiger partial charge in [-0.1, -0.05) is 6.07 Å². The fourth-order valence-electron chi connectivity index (χ4n) is 4.39. The van der Waals surface area contributed by atoms with Gasteiger partial charge in [-0.15, -0.1) is 11.3 Å². The van der Waals surface area contributed by atoms with E-state index in [2.05, 4.69) is 44.8 Å². The molecular weight excluding hydrogens is 382 g/mol. The van der Waals surface area contributed by atoms with Crippen LogP contribution in [0.5, 0.6) is 0 Å². The van der Waals surface area contributed by atoms with Gasteiger partial charge in [-0.3, -0.25) is 4.90 Å². The third-order valence-electron chi connectivity index (χ3n) is 6.00. The van der Waals surface area contributed by atoms with Crippen LogP contribution in [0, 0.1) is 5.92 Å². The van der Waals surface area contributed by atoms with Crippen LogP contribution in [0.4, 0.5) is 10.5 Å². The van der Waals surface area contributed by atoms with Crippen LogP contribution in [0.25, 0.3) is 10.1 Å². The van der Waals surface area contributed by atoms with Crippen LogP contribution < -0.4 is 10.2 Å². The molecule has 0 radical (unpaired) electrons. The van der Waals surface area contributed by atoms with Gasteiger partial charge in [0.2, 0.25) is 0 Å². The van der Waals surface area contributed by atoms with Crippen LogP contribution in [-0.2, 0) is 4.74 Å². The lowest BCUT2D eigenvalue weighted by Gasteiger charge is -2.40. The summed E-state index contributed by atoms with van der Waals surface area (Å²) in [4.78, 5) is 17.0. The number of anilines is 1. The van der Waals surface area contributed by atoms with Crippen LogP contribution in [0.2, 0.25) is 0 Å². The molecule has 0 spiro atoms. The standard InChI is InChI=1S/C23H33N3O2S/c1-23(2,3)28-22(27)24-18-15-17(16-18)7-9-25-10-12-26(13-11-25)20-5-4-6-21-19(20)8-14-29-21/h4-6,8,14,17-18H,7,9-13,15-16H2,1-3H3,(H,24,27). The summed E-state index contributed by atoms with van der Waals surface area (Å²) in [6.07, 6.45) is 3.11. The lowest BCUT2D eigenvalue weighted by Crippen LogP contribution is -2.49. The number of amides is 1. The van der Waals surface area contributed by atoms with Gasteiger partial charge in [0.05, 0.1) is 0 Å². The molecule has 158 valence electrons. The van der Waals surface area contributed by atoms with Crippen LogP contribution in [-0.4, -0.2) is 55.4 Å². The molecule has 4 rings (SSSR count). The van der Waals surface area contributed by atoms with Crippen molar-refractivity contribution >= 4 is 33.2 Å². The molecule has 1 saturated carbocycles. The highest BCUT2D eigenvalue weighted by molar-refractivity contribution is 7.17. The molecule has 1 N–H and O–H groups in total. The van der Waals surface area contributed by atoms with E-state index in [1.165, 1.54) is 28.7 Å². The average molecular weight is 416 g/mol. The molecule has 2 aliphatic rings. The fraction of sp³-hybridized carbons (Fsp3) is 0.609. The Morgan fingerprint density at radius 1 is 1.17 bits per heavy atom. The van der Waals surface area contributed by atoms with Gasteiger partial charge in [0.1, 0.15) is 5.60 Å². The van der Waals surface area contributed by atoms with Crippen molar-refractivity contribution in [1.82, 2.24) is 10.2 Å². The number of thiophene rings is 1. The van der Waals surface area contributed by atoms with Crippen molar-refractivity contribution in [2.75, 3.05) is 37.6 Å². The first-order valence-electron chi connectivity index (χ1n) is 10.8. The van der Waals surface area contributed by atoms with E-state index in [1.807, 2.05) is 32.1 Å². The second-order valence-electron chi connectivity index (χ2n) is 9.41. The van der Waals surface area contributed by atoms with Crippen LogP contribution in [0.1, 0.15) is 40.0 Å². The van der Waals surface area contributed by atoms with Crippen molar-refractivity contribution < 1.29 is 9.53 Å². The maximum Gasteiger partial charge on any atom is 0.407 e. The number of nitrogens with zero attached hydrogens (tertiary/aromatic N) is 2. The lowest BCUT2D eigenvalue weighted by atomic mass is 9.78. The van der Waals surface area contributed by atoms with E-state index in [9.17, 15) is 4.79 Å². The smallest absolute Gasteiger partial charge is 0.407 e. The van der Waals surface area contributed by atoms with Gasteiger partial charge < -0.3 is 15.0 Å². The second-order valence-corrected chi connectivity index (χ2v) is 10.4. The van der Waals surface area contributed by atoms with Gasteiger partial charge in [-0.2, -0.15) is 0 Å². The third-order valence-corrected chi connectivity index (χ3v) is 6.88. The summed E-state index contributed by atoms with van der Waals surface area (Å²) in [7, 11) is 0. The van der Waals surface area contributed by atoms with E-state index in [0.29, 0.717) is 0 Å². The Balaban J connectivity index is 1.15. The number of alkyl carbamates (subject to hydrolysis) is 1. The molecular formula is C23H33N3O2S. The highest BCUT2D eigenvalue weighted by Gasteiger charge is 2.32. The topological polar surface area (TPSA) is 44.8 Å². The van der Waals surface area contributed by atoms with Crippen LogP contribution >= 0.6 is 11.3 Å². The Labute approximate surface area is 178 Å². The number of fused-ring (bicyclic) bond motifs is 1.